The SMILES string of the molecule is CC(NCc1cccc2c1NCC2)C(=O)N1CCCC1. The summed E-state index contributed by atoms with van der Waals surface area (Å²) in [6, 6.07) is 6.32. The molecule has 1 atom stereocenters. The quantitative estimate of drug-likeness (QED) is 0.878. The highest BCUT2D eigenvalue weighted by Crippen LogP contribution is 2.26. The van der Waals surface area contributed by atoms with Crippen LogP contribution in [0.2, 0.25) is 0 Å². The van der Waals surface area contributed by atoms with Gasteiger partial charge in [0.1, 0.15) is 0 Å². The zero-order chi connectivity index (χ0) is 13.9. The van der Waals surface area contributed by atoms with Gasteiger partial charge in [0, 0.05) is 31.9 Å². The van der Waals surface area contributed by atoms with E-state index in [-0.39, 0.29) is 11.9 Å². The molecule has 2 aliphatic heterocycles. The molecule has 4 heteroatoms. The molecule has 0 spiro atoms. The highest BCUT2D eigenvalue weighted by Gasteiger charge is 2.23. The van der Waals surface area contributed by atoms with Crippen LogP contribution in [0.3, 0.4) is 0 Å². The predicted octanol–water partition coefficient (Wildman–Crippen LogP) is 1.76. The number of anilines is 1. The van der Waals surface area contributed by atoms with Gasteiger partial charge in [0.2, 0.25) is 5.91 Å². The van der Waals surface area contributed by atoms with E-state index in [1.54, 1.807) is 0 Å². The summed E-state index contributed by atoms with van der Waals surface area (Å²) >= 11 is 0. The lowest BCUT2D eigenvalue weighted by Crippen LogP contribution is -2.43. The van der Waals surface area contributed by atoms with Crippen molar-refractivity contribution in [1.82, 2.24) is 10.2 Å². The second kappa shape index (κ2) is 5.83. The summed E-state index contributed by atoms with van der Waals surface area (Å²) in [5, 5.41) is 6.82. The first-order valence-corrected chi connectivity index (χ1v) is 7.62. The number of hydrogen-bond acceptors (Lipinski definition) is 3. The lowest BCUT2D eigenvalue weighted by Gasteiger charge is -2.21. The standard InChI is InChI=1S/C16H23N3O/c1-12(16(20)19-9-2-3-10-19)18-11-14-6-4-5-13-7-8-17-15(13)14/h4-6,12,17-18H,2-3,7-11H2,1H3. The molecular formula is C16H23N3O. The summed E-state index contributed by atoms with van der Waals surface area (Å²) in [5.74, 6) is 0.239. The molecule has 4 nitrogen and oxygen atoms in total. The van der Waals surface area contributed by atoms with Crippen molar-refractivity contribution in [3.05, 3.63) is 29.3 Å². The number of nitrogens with one attached hydrogen (secondary N) is 2. The molecule has 1 aromatic rings. The maximum atomic E-state index is 12.2. The average Bonchev–Trinajstić information content (AvgIpc) is 3.14. The third kappa shape index (κ3) is 2.66. The minimum absolute atomic E-state index is 0.106. The smallest absolute Gasteiger partial charge is 0.239 e. The topological polar surface area (TPSA) is 44.4 Å². The third-order valence-electron chi connectivity index (χ3n) is 4.32. The fourth-order valence-corrected chi connectivity index (χ4v) is 3.12. The van der Waals surface area contributed by atoms with Gasteiger partial charge in [-0.15, -0.1) is 0 Å². The lowest BCUT2D eigenvalue weighted by molar-refractivity contribution is -0.131. The molecule has 0 aliphatic carbocycles. The number of carbonyl (C=O) groups is 1. The highest BCUT2D eigenvalue weighted by atomic mass is 16.2. The molecule has 1 aromatic carbocycles. The second-order valence-corrected chi connectivity index (χ2v) is 5.76. The second-order valence-electron chi connectivity index (χ2n) is 5.76. The Morgan fingerprint density at radius 1 is 1.40 bits per heavy atom. The van der Waals surface area contributed by atoms with Crippen molar-refractivity contribution in [3.63, 3.8) is 0 Å². The summed E-state index contributed by atoms with van der Waals surface area (Å²) < 4.78 is 0. The minimum atomic E-state index is -0.106. The summed E-state index contributed by atoms with van der Waals surface area (Å²) in [4.78, 5) is 14.2. The van der Waals surface area contributed by atoms with Gasteiger partial charge in [-0.1, -0.05) is 18.2 Å². The van der Waals surface area contributed by atoms with Crippen LogP contribution in [0.4, 0.5) is 5.69 Å². The van der Waals surface area contributed by atoms with Crippen molar-refractivity contribution >= 4 is 11.6 Å². The number of likely N-dealkylation sites (tertiary alicyclic amines) is 1. The molecule has 2 heterocycles. The molecule has 1 amide bonds. The van der Waals surface area contributed by atoms with Crippen molar-refractivity contribution in [2.24, 2.45) is 0 Å². The molecular weight excluding hydrogens is 250 g/mol. The Labute approximate surface area is 120 Å². The molecule has 20 heavy (non-hydrogen) atoms. The van der Waals surface area contributed by atoms with Gasteiger partial charge in [-0.05, 0) is 37.3 Å². The maximum absolute atomic E-state index is 12.2. The van der Waals surface area contributed by atoms with Crippen LogP contribution in [0.15, 0.2) is 18.2 Å². The Balaban J connectivity index is 1.59. The first-order valence-electron chi connectivity index (χ1n) is 7.62. The molecule has 0 radical (unpaired) electrons. The van der Waals surface area contributed by atoms with Gasteiger partial charge in [0.05, 0.1) is 6.04 Å². The van der Waals surface area contributed by atoms with E-state index in [2.05, 4.69) is 28.8 Å². The summed E-state index contributed by atoms with van der Waals surface area (Å²) in [7, 11) is 0. The molecule has 0 saturated carbocycles. The Bertz CT molecular complexity index is 494. The van der Waals surface area contributed by atoms with Crippen LogP contribution in [0.5, 0.6) is 0 Å². The van der Waals surface area contributed by atoms with E-state index in [1.165, 1.54) is 16.8 Å². The Kier molecular flexibility index (Phi) is 3.92. The summed E-state index contributed by atoms with van der Waals surface area (Å²) in [6.45, 7) is 5.59. The number of hydrogen-bond donors (Lipinski definition) is 2. The lowest BCUT2D eigenvalue weighted by atomic mass is 10.1. The van der Waals surface area contributed by atoms with Gasteiger partial charge < -0.3 is 15.5 Å². The van der Waals surface area contributed by atoms with Crippen molar-refractivity contribution < 1.29 is 4.79 Å². The number of rotatable bonds is 4. The first-order chi connectivity index (χ1) is 9.75. The van der Waals surface area contributed by atoms with Crippen LogP contribution in [0.25, 0.3) is 0 Å². The van der Waals surface area contributed by atoms with Gasteiger partial charge in [-0.3, -0.25) is 4.79 Å². The van der Waals surface area contributed by atoms with Gasteiger partial charge in [0.15, 0.2) is 0 Å². The summed E-state index contributed by atoms with van der Waals surface area (Å²) in [5.41, 5.74) is 3.92. The van der Waals surface area contributed by atoms with Crippen LogP contribution in [0.1, 0.15) is 30.9 Å². The van der Waals surface area contributed by atoms with E-state index in [9.17, 15) is 4.79 Å². The van der Waals surface area contributed by atoms with Crippen LogP contribution < -0.4 is 10.6 Å². The van der Waals surface area contributed by atoms with Crippen molar-refractivity contribution in [1.29, 1.82) is 0 Å². The Morgan fingerprint density at radius 2 is 2.20 bits per heavy atom. The minimum Gasteiger partial charge on any atom is -0.384 e. The van der Waals surface area contributed by atoms with Crippen molar-refractivity contribution in [3.8, 4) is 0 Å². The van der Waals surface area contributed by atoms with E-state index in [1.807, 2.05) is 11.8 Å². The molecule has 0 bridgehead atoms. The zero-order valence-corrected chi connectivity index (χ0v) is 12.1. The number of carbonyl (C=O) groups excluding carboxylic acids is 1. The van der Waals surface area contributed by atoms with Crippen LogP contribution in [-0.2, 0) is 17.8 Å². The highest BCUT2D eigenvalue weighted by molar-refractivity contribution is 5.81. The van der Waals surface area contributed by atoms with Gasteiger partial charge >= 0.3 is 0 Å². The van der Waals surface area contributed by atoms with Gasteiger partial charge in [-0.25, -0.2) is 0 Å². The maximum Gasteiger partial charge on any atom is 0.239 e. The fraction of sp³-hybridized carbons (Fsp3) is 0.562. The molecule has 1 unspecified atom stereocenters. The molecule has 2 aliphatic rings. The summed E-state index contributed by atoms with van der Waals surface area (Å²) in [6.07, 6.45) is 3.40. The van der Waals surface area contributed by atoms with E-state index >= 15 is 0 Å². The van der Waals surface area contributed by atoms with E-state index < -0.39 is 0 Å². The predicted molar refractivity (Wildman–Crippen MR) is 80.8 cm³/mol. The average molecular weight is 273 g/mol. The molecule has 1 fully saturated rings. The number of para-hydroxylation sites is 1. The first kappa shape index (κ1) is 13.4. The van der Waals surface area contributed by atoms with E-state index in [0.29, 0.717) is 0 Å². The largest absolute Gasteiger partial charge is 0.384 e. The Hall–Kier alpha value is -1.55. The van der Waals surface area contributed by atoms with Gasteiger partial charge in [-0.2, -0.15) is 0 Å². The van der Waals surface area contributed by atoms with Crippen molar-refractivity contribution in [2.75, 3.05) is 25.0 Å². The molecule has 108 valence electrons. The Morgan fingerprint density at radius 3 is 3.00 bits per heavy atom. The fourth-order valence-electron chi connectivity index (χ4n) is 3.12. The van der Waals surface area contributed by atoms with Crippen molar-refractivity contribution in [2.45, 2.75) is 38.8 Å². The number of nitrogens with zero attached hydrogens (tertiary/aromatic N) is 1. The number of benzene rings is 1. The van der Waals surface area contributed by atoms with Crippen LogP contribution in [-0.4, -0.2) is 36.5 Å². The number of amides is 1. The normalized spacial score (nSPS) is 18.8. The van der Waals surface area contributed by atoms with Gasteiger partial charge in [0.25, 0.3) is 0 Å². The molecule has 2 N–H and O–H groups in total. The van der Waals surface area contributed by atoms with E-state index in [4.69, 9.17) is 0 Å². The third-order valence-corrected chi connectivity index (χ3v) is 4.32. The zero-order valence-electron chi connectivity index (χ0n) is 12.1. The molecule has 3 rings (SSSR count). The van der Waals surface area contributed by atoms with Crippen LogP contribution in [0, 0.1) is 0 Å². The monoisotopic (exact) mass is 273 g/mol. The van der Waals surface area contributed by atoms with E-state index in [0.717, 1.165) is 45.4 Å². The number of fused-ring (bicyclic) bond motifs is 1. The molecule has 1 saturated heterocycles. The van der Waals surface area contributed by atoms with Crippen LogP contribution >= 0.6 is 0 Å². The molecule has 0 aromatic heterocycles.